The first-order valence-electron chi connectivity index (χ1n) is 8.36. The van der Waals surface area contributed by atoms with Gasteiger partial charge >= 0.3 is 0 Å². The minimum atomic E-state index is 0.201. The number of anilines is 1. The number of nitrogens with zero attached hydrogens (tertiary/aromatic N) is 1. The van der Waals surface area contributed by atoms with Crippen molar-refractivity contribution in [2.45, 2.75) is 19.9 Å². The molecule has 0 aliphatic heterocycles. The average Bonchev–Trinajstić information content (AvgIpc) is 2.55. The van der Waals surface area contributed by atoms with Crippen LogP contribution in [-0.2, 0) is 0 Å². The second kappa shape index (κ2) is 8.76. The molecule has 1 heterocycles. The Balaban J connectivity index is 2.16. The third-order valence-corrected chi connectivity index (χ3v) is 4.40. The van der Waals surface area contributed by atoms with Gasteiger partial charge in [-0.3, -0.25) is 0 Å². The Bertz CT molecular complexity index is 657. The first-order valence-corrected chi connectivity index (χ1v) is 8.77. The third-order valence-electron chi connectivity index (χ3n) is 4.06. The van der Waals surface area contributed by atoms with E-state index in [2.05, 4.69) is 67.4 Å². The van der Waals surface area contributed by atoms with Crippen molar-refractivity contribution in [1.29, 1.82) is 0 Å². The van der Waals surface area contributed by atoms with Crippen molar-refractivity contribution in [1.82, 2.24) is 4.90 Å². The Kier molecular flexibility index (Phi) is 6.70. The number of hydrogen-bond donors (Lipinski definition) is 2. The summed E-state index contributed by atoms with van der Waals surface area (Å²) < 4.78 is 0. The molecule has 0 fully saturated rings. The molecule has 0 amide bonds. The van der Waals surface area contributed by atoms with Crippen LogP contribution < -0.4 is 15.2 Å². The lowest BCUT2D eigenvalue weighted by Crippen LogP contribution is -3.06. The van der Waals surface area contributed by atoms with E-state index < -0.39 is 0 Å². The van der Waals surface area contributed by atoms with E-state index in [1.807, 2.05) is 24.5 Å². The summed E-state index contributed by atoms with van der Waals surface area (Å²) in [6, 6.07) is 12.7. The van der Waals surface area contributed by atoms with Crippen LogP contribution in [-0.4, -0.2) is 37.2 Å². The van der Waals surface area contributed by atoms with E-state index in [4.69, 9.17) is 12.2 Å². The van der Waals surface area contributed by atoms with Crippen LogP contribution in [0.25, 0.3) is 0 Å². The molecule has 128 valence electrons. The molecule has 0 bridgehead atoms. The van der Waals surface area contributed by atoms with Crippen molar-refractivity contribution < 1.29 is 9.88 Å². The minimum Gasteiger partial charge on any atom is -0.338 e. The molecule has 3 N–H and O–H groups in total. The summed E-state index contributed by atoms with van der Waals surface area (Å²) in [5.41, 5.74) is 3.48. The van der Waals surface area contributed by atoms with Gasteiger partial charge in [-0.05, 0) is 49.8 Å². The average molecular weight is 345 g/mol. The lowest BCUT2D eigenvalue weighted by atomic mass is 10.1. The maximum Gasteiger partial charge on any atom is 0.174 e. The number of benzene rings is 1. The minimum absolute atomic E-state index is 0.201. The van der Waals surface area contributed by atoms with Gasteiger partial charge in [-0.1, -0.05) is 12.1 Å². The fourth-order valence-corrected chi connectivity index (χ4v) is 2.95. The van der Waals surface area contributed by atoms with Crippen molar-refractivity contribution in [2.75, 3.05) is 32.5 Å². The molecule has 24 heavy (non-hydrogen) atoms. The molecule has 0 spiro atoms. The summed E-state index contributed by atoms with van der Waals surface area (Å²) in [5.74, 6) is 0. The van der Waals surface area contributed by atoms with Crippen LogP contribution in [0.5, 0.6) is 0 Å². The fraction of sp³-hybridized carbons (Fsp3) is 0.368. The summed E-state index contributed by atoms with van der Waals surface area (Å²) in [5, 5.41) is 4.16. The van der Waals surface area contributed by atoms with Crippen molar-refractivity contribution >= 4 is 23.0 Å². The van der Waals surface area contributed by atoms with E-state index >= 15 is 0 Å². The first kappa shape index (κ1) is 18.4. The summed E-state index contributed by atoms with van der Waals surface area (Å²) in [7, 11) is 4.33. The molecule has 1 unspecified atom stereocenters. The number of nitrogens with one attached hydrogen (secondary N) is 3. The highest BCUT2D eigenvalue weighted by molar-refractivity contribution is 7.80. The van der Waals surface area contributed by atoms with Crippen LogP contribution in [0.4, 0.5) is 5.69 Å². The highest BCUT2D eigenvalue weighted by atomic mass is 32.1. The van der Waals surface area contributed by atoms with Crippen LogP contribution in [0.2, 0.25) is 0 Å². The summed E-state index contributed by atoms with van der Waals surface area (Å²) in [6.07, 6.45) is 3.96. The quantitative estimate of drug-likeness (QED) is 0.783. The number of aryl methyl sites for hydroxylation is 1. The number of quaternary nitrogens is 1. The number of aromatic amines is 1. The lowest BCUT2D eigenvalue weighted by molar-refractivity contribution is -0.857. The highest BCUT2D eigenvalue weighted by Crippen LogP contribution is 2.20. The molecule has 0 saturated carbocycles. The van der Waals surface area contributed by atoms with Crippen LogP contribution in [0.3, 0.4) is 0 Å². The second-order valence-electron chi connectivity index (χ2n) is 6.46. The second-order valence-corrected chi connectivity index (χ2v) is 6.85. The first-order chi connectivity index (χ1) is 11.5. The molecule has 2 rings (SSSR count). The molecule has 0 saturated heterocycles. The molecule has 0 aliphatic rings. The standard InChI is InChI=1S/C19H26N4S/c1-15-7-5-9-18(13-15)21-19(24)23(12-11-22(3)4)16(2)17-8-6-10-20-14-17/h5-10,13-14,16H,11-12H2,1-4H3,(H,21,24)/p+2. The summed E-state index contributed by atoms with van der Waals surface area (Å²) >= 11 is 5.72. The van der Waals surface area contributed by atoms with Crippen molar-refractivity contribution in [2.24, 2.45) is 0 Å². The normalized spacial score (nSPS) is 12.0. The molecule has 0 aliphatic carbocycles. The third kappa shape index (κ3) is 5.28. The number of aromatic nitrogens is 1. The van der Waals surface area contributed by atoms with Gasteiger partial charge in [0.2, 0.25) is 0 Å². The number of thiocarbonyl (C=S) groups is 1. The van der Waals surface area contributed by atoms with Crippen LogP contribution in [0, 0.1) is 6.92 Å². The van der Waals surface area contributed by atoms with E-state index in [0.29, 0.717) is 0 Å². The fourth-order valence-electron chi connectivity index (χ4n) is 2.58. The molecule has 5 heteroatoms. The Morgan fingerprint density at radius 2 is 2.08 bits per heavy atom. The Morgan fingerprint density at radius 1 is 1.29 bits per heavy atom. The van der Waals surface area contributed by atoms with E-state index in [9.17, 15) is 0 Å². The number of H-pyrrole nitrogens is 1. The van der Waals surface area contributed by atoms with E-state index in [1.54, 1.807) is 0 Å². The van der Waals surface area contributed by atoms with Gasteiger partial charge in [0.05, 0.1) is 33.2 Å². The topological polar surface area (TPSA) is 33.9 Å². The number of likely N-dealkylation sites (N-methyl/N-ethyl adjacent to an activating group) is 1. The zero-order chi connectivity index (χ0) is 17.5. The molecule has 1 aromatic carbocycles. The Morgan fingerprint density at radius 3 is 2.71 bits per heavy atom. The van der Waals surface area contributed by atoms with Gasteiger partial charge in [0.25, 0.3) is 0 Å². The van der Waals surface area contributed by atoms with Gasteiger partial charge in [-0.2, -0.15) is 0 Å². The van der Waals surface area contributed by atoms with Gasteiger partial charge in [0.15, 0.2) is 17.5 Å². The van der Waals surface area contributed by atoms with Gasteiger partial charge < -0.3 is 15.1 Å². The SMILES string of the molecule is Cc1cccc(NC(=S)N(CC[NH+](C)C)C(C)c2ccc[nH+]c2)c1. The molecule has 0 radical (unpaired) electrons. The molecule has 1 atom stereocenters. The van der Waals surface area contributed by atoms with Crippen molar-refractivity contribution in [3.63, 3.8) is 0 Å². The van der Waals surface area contributed by atoms with Crippen LogP contribution >= 0.6 is 12.2 Å². The van der Waals surface area contributed by atoms with Crippen molar-refractivity contribution in [3.8, 4) is 0 Å². The molecule has 1 aromatic heterocycles. The summed E-state index contributed by atoms with van der Waals surface area (Å²) in [6.45, 7) is 6.20. The number of rotatable bonds is 6. The van der Waals surface area contributed by atoms with Crippen LogP contribution in [0.15, 0.2) is 48.8 Å². The predicted molar refractivity (Wildman–Crippen MR) is 103 cm³/mol. The van der Waals surface area contributed by atoms with E-state index in [1.165, 1.54) is 16.0 Å². The highest BCUT2D eigenvalue weighted by Gasteiger charge is 2.21. The van der Waals surface area contributed by atoms with E-state index in [-0.39, 0.29) is 6.04 Å². The molecule has 4 nitrogen and oxygen atoms in total. The van der Waals surface area contributed by atoms with E-state index in [0.717, 1.165) is 23.9 Å². The molecular formula is C19H28N4S+2. The predicted octanol–water partition coefficient (Wildman–Crippen LogP) is 1.71. The maximum atomic E-state index is 5.72. The lowest BCUT2D eigenvalue weighted by Gasteiger charge is -2.31. The van der Waals surface area contributed by atoms with Crippen LogP contribution in [0.1, 0.15) is 24.1 Å². The zero-order valence-electron chi connectivity index (χ0n) is 15.0. The number of hydrogen-bond acceptors (Lipinski definition) is 1. The monoisotopic (exact) mass is 344 g/mol. The van der Waals surface area contributed by atoms with Gasteiger partial charge in [0, 0.05) is 17.3 Å². The van der Waals surface area contributed by atoms with Gasteiger partial charge in [-0.15, -0.1) is 0 Å². The Labute approximate surface area is 150 Å². The maximum absolute atomic E-state index is 5.72. The van der Waals surface area contributed by atoms with Gasteiger partial charge in [0.1, 0.15) is 0 Å². The Hall–Kier alpha value is -1.98. The summed E-state index contributed by atoms with van der Waals surface area (Å²) in [4.78, 5) is 6.83. The smallest absolute Gasteiger partial charge is 0.174 e. The zero-order valence-corrected chi connectivity index (χ0v) is 15.8. The largest absolute Gasteiger partial charge is 0.338 e. The number of pyridine rings is 1. The van der Waals surface area contributed by atoms with Gasteiger partial charge in [-0.25, -0.2) is 4.98 Å². The van der Waals surface area contributed by atoms with Crippen molar-refractivity contribution in [3.05, 3.63) is 59.9 Å². The molecular weight excluding hydrogens is 316 g/mol. The molecule has 2 aromatic rings.